The molecule has 0 radical (unpaired) electrons. The highest BCUT2D eigenvalue weighted by molar-refractivity contribution is 14.0. The maximum absolute atomic E-state index is 11.8. The quantitative estimate of drug-likeness (QED) is 0.194. The van der Waals surface area contributed by atoms with Crippen molar-refractivity contribution in [3.63, 3.8) is 0 Å². The van der Waals surface area contributed by atoms with Gasteiger partial charge in [-0.2, -0.15) is 0 Å². The van der Waals surface area contributed by atoms with Gasteiger partial charge in [-0.25, -0.2) is 13.4 Å². The number of hydrogen-bond donors (Lipinski definition) is 2. The molecule has 0 unspecified atom stereocenters. The molecule has 2 rings (SSSR count). The van der Waals surface area contributed by atoms with Crippen LogP contribution < -0.4 is 10.6 Å². The van der Waals surface area contributed by atoms with Gasteiger partial charge in [0.25, 0.3) is 0 Å². The number of nitrogens with zero attached hydrogens (tertiary/aromatic N) is 1. The Labute approximate surface area is 196 Å². The number of nitrogens with one attached hydrogen (secondary N) is 2. The molecule has 2 N–H and O–H groups in total. The van der Waals surface area contributed by atoms with Gasteiger partial charge < -0.3 is 19.8 Å². The van der Waals surface area contributed by atoms with Crippen molar-refractivity contribution in [2.24, 2.45) is 4.99 Å². The van der Waals surface area contributed by atoms with Gasteiger partial charge in [-0.05, 0) is 49.6 Å². The fourth-order valence-electron chi connectivity index (χ4n) is 2.85. The molecule has 0 fully saturated rings. The Bertz CT molecular complexity index is 884. The number of sulfone groups is 1. The van der Waals surface area contributed by atoms with Crippen LogP contribution in [0, 0.1) is 6.92 Å². The normalized spacial score (nSPS) is 11.8. The van der Waals surface area contributed by atoms with Crippen LogP contribution in [0.15, 0.2) is 50.9 Å². The van der Waals surface area contributed by atoms with Gasteiger partial charge >= 0.3 is 0 Å². The SMILES string of the molecule is CCOCCCNC(=NCc1ccc(S(C)(=O)=O)c(C)c1)NCCc1ccco1.I. The third-order valence-electron chi connectivity index (χ3n) is 4.26. The summed E-state index contributed by atoms with van der Waals surface area (Å²) in [4.78, 5) is 4.99. The highest BCUT2D eigenvalue weighted by Crippen LogP contribution is 2.17. The minimum Gasteiger partial charge on any atom is -0.469 e. The van der Waals surface area contributed by atoms with Gasteiger partial charge in [-0.1, -0.05) is 12.1 Å². The predicted molar refractivity (Wildman–Crippen MR) is 130 cm³/mol. The largest absolute Gasteiger partial charge is 0.469 e. The number of aliphatic imine (C=N–C) groups is 1. The number of halogens is 1. The second-order valence-corrected chi connectivity index (χ2v) is 8.75. The standard InChI is InChI=1S/C21H31N3O4S.HI/c1-4-27-13-6-11-22-21(23-12-10-19-7-5-14-28-19)24-16-18-8-9-20(17(2)15-18)29(3,25)26;/h5,7-9,14-15H,4,6,10-13,16H2,1-3H3,(H2,22,23,24);1H. The molecule has 0 aliphatic heterocycles. The van der Waals surface area contributed by atoms with Crippen molar-refractivity contribution in [1.82, 2.24) is 10.6 Å². The smallest absolute Gasteiger partial charge is 0.191 e. The molecule has 0 saturated carbocycles. The lowest BCUT2D eigenvalue weighted by molar-refractivity contribution is 0.145. The van der Waals surface area contributed by atoms with Crippen molar-refractivity contribution in [1.29, 1.82) is 0 Å². The lowest BCUT2D eigenvalue weighted by atomic mass is 10.1. The molecule has 0 atom stereocenters. The minimum atomic E-state index is -3.22. The first-order valence-corrected chi connectivity index (χ1v) is 11.7. The molecular formula is C21H32IN3O4S. The van der Waals surface area contributed by atoms with Gasteiger partial charge in [0.05, 0.1) is 17.7 Å². The Morgan fingerprint density at radius 1 is 1.20 bits per heavy atom. The first kappa shape index (κ1) is 26.4. The third-order valence-corrected chi connectivity index (χ3v) is 5.52. The molecule has 9 heteroatoms. The Morgan fingerprint density at radius 2 is 1.97 bits per heavy atom. The number of aryl methyl sites for hydroxylation is 1. The summed E-state index contributed by atoms with van der Waals surface area (Å²) in [5.41, 5.74) is 1.69. The van der Waals surface area contributed by atoms with Crippen molar-refractivity contribution < 1.29 is 17.6 Å². The van der Waals surface area contributed by atoms with Crippen molar-refractivity contribution >= 4 is 39.8 Å². The van der Waals surface area contributed by atoms with Crippen molar-refractivity contribution in [3.05, 3.63) is 53.5 Å². The molecular weight excluding hydrogens is 517 g/mol. The van der Waals surface area contributed by atoms with Crippen LogP contribution in [-0.2, 0) is 27.5 Å². The molecule has 1 heterocycles. The van der Waals surface area contributed by atoms with E-state index in [1.807, 2.05) is 31.2 Å². The first-order valence-electron chi connectivity index (χ1n) is 9.82. The number of hydrogen-bond acceptors (Lipinski definition) is 5. The van der Waals surface area contributed by atoms with E-state index in [1.165, 1.54) is 6.26 Å². The lowest BCUT2D eigenvalue weighted by Crippen LogP contribution is -2.39. The highest BCUT2D eigenvalue weighted by Gasteiger charge is 2.10. The number of benzene rings is 1. The molecule has 0 bridgehead atoms. The Hall–Kier alpha value is -1.59. The summed E-state index contributed by atoms with van der Waals surface area (Å²) in [5.74, 6) is 1.62. The molecule has 0 amide bonds. The van der Waals surface area contributed by atoms with Crippen LogP contribution >= 0.6 is 24.0 Å². The Balaban J connectivity index is 0.00000450. The van der Waals surface area contributed by atoms with Crippen LogP contribution in [-0.4, -0.2) is 46.9 Å². The summed E-state index contributed by atoms with van der Waals surface area (Å²) in [6.45, 7) is 7.09. The van der Waals surface area contributed by atoms with Crippen molar-refractivity contribution in [3.8, 4) is 0 Å². The second-order valence-electron chi connectivity index (χ2n) is 6.77. The van der Waals surface area contributed by atoms with Crippen LogP contribution in [0.5, 0.6) is 0 Å². The molecule has 30 heavy (non-hydrogen) atoms. The fourth-order valence-corrected chi connectivity index (χ4v) is 3.81. The van der Waals surface area contributed by atoms with E-state index >= 15 is 0 Å². The molecule has 0 aliphatic carbocycles. The molecule has 0 aliphatic rings. The van der Waals surface area contributed by atoms with Gasteiger partial charge in [0.15, 0.2) is 15.8 Å². The van der Waals surface area contributed by atoms with Crippen LogP contribution in [0.25, 0.3) is 0 Å². The van der Waals surface area contributed by atoms with Crippen LogP contribution in [0.3, 0.4) is 0 Å². The van der Waals surface area contributed by atoms with E-state index < -0.39 is 9.84 Å². The summed E-state index contributed by atoms with van der Waals surface area (Å²) >= 11 is 0. The van der Waals surface area contributed by atoms with Gasteiger partial charge in [0.2, 0.25) is 0 Å². The van der Waals surface area contributed by atoms with E-state index in [-0.39, 0.29) is 24.0 Å². The predicted octanol–water partition coefficient (Wildman–Crippen LogP) is 3.31. The van der Waals surface area contributed by atoms with Crippen LogP contribution in [0.1, 0.15) is 30.2 Å². The number of guanidine groups is 1. The second kappa shape index (κ2) is 13.7. The Kier molecular flexibility index (Phi) is 12.0. The van der Waals surface area contributed by atoms with E-state index in [9.17, 15) is 8.42 Å². The average molecular weight is 549 g/mol. The molecule has 2 aromatic rings. The Morgan fingerprint density at radius 3 is 2.60 bits per heavy atom. The zero-order valence-corrected chi connectivity index (χ0v) is 21.0. The summed E-state index contributed by atoms with van der Waals surface area (Å²) in [6.07, 6.45) is 4.53. The van der Waals surface area contributed by atoms with E-state index in [4.69, 9.17) is 9.15 Å². The number of furan rings is 1. The minimum absolute atomic E-state index is 0. The monoisotopic (exact) mass is 549 g/mol. The van der Waals surface area contributed by atoms with Crippen molar-refractivity contribution in [2.45, 2.75) is 38.1 Å². The summed E-state index contributed by atoms with van der Waals surface area (Å²) in [7, 11) is -3.22. The van der Waals surface area contributed by atoms with Gasteiger partial charge in [-0.15, -0.1) is 24.0 Å². The van der Waals surface area contributed by atoms with Crippen LogP contribution in [0.4, 0.5) is 0 Å². The lowest BCUT2D eigenvalue weighted by Gasteiger charge is -2.13. The van der Waals surface area contributed by atoms with Gasteiger partial charge in [-0.3, -0.25) is 0 Å². The van der Waals surface area contributed by atoms with Crippen molar-refractivity contribution in [2.75, 3.05) is 32.6 Å². The molecule has 1 aromatic carbocycles. The van der Waals surface area contributed by atoms with Gasteiger partial charge in [0.1, 0.15) is 5.76 Å². The molecule has 168 valence electrons. The zero-order valence-electron chi connectivity index (χ0n) is 17.8. The first-order chi connectivity index (χ1) is 13.9. The summed E-state index contributed by atoms with van der Waals surface area (Å²) in [6, 6.07) is 9.14. The van der Waals surface area contributed by atoms with E-state index in [0.29, 0.717) is 37.2 Å². The fraction of sp³-hybridized carbons (Fsp3) is 0.476. The van der Waals surface area contributed by atoms with Crippen LogP contribution in [0.2, 0.25) is 0 Å². The number of ether oxygens (including phenoxy) is 1. The topological polar surface area (TPSA) is 92.9 Å². The zero-order chi connectivity index (χ0) is 21.1. The number of rotatable bonds is 11. The average Bonchev–Trinajstić information content (AvgIpc) is 3.18. The van der Waals surface area contributed by atoms with E-state index in [0.717, 1.165) is 36.3 Å². The molecule has 0 saturated heterocycles. The van der Waals surface area contributed by atoms with E-state index in [1.54, 1.807) is 19.3 Å². The summed E-state index contributed by atoms with van der Waals surface area (Å²) < 4.78 is 34.3. The van der Waals surface area contributed by atoms with Gasteiger partial charge in [0, 0.05) is 39.0 Å². The third kappa shape index (κ3) is 9.48. The molecule has 0 spiro atoms. The summed E-state index contributed by atoms with van der Waals surface area (Å²) in [5, 5.41) is 6.62. The maximum atomic E-state index is 11.8. The molecule has 1 aromatic heterocycles. The maximum Gasteiger partial charge on any atom is 0.191 e. The highest BCUT2D eigenvalue weighted by atomic mass is 127. The van der Waals surface area contributed by atoms with E-state index in [2.05, 4.69) is 15.6 Å². The molecule has 7 nitrogen and oxygen atoms in total.